The van der Waals surface area contributed by atoms with Crippen molar-refractivity contribution in [2.75, 3.05) is 13.6 Å². The van der Waals surface area contributed by atoms with Crippen molar-refractivity contribution in [1.82, 2.24) is 4.90 Å². The van der Waals surface area contributed by atoms with E-state index >= 15 is 0 Å². The van der Waals surface area contributed by atoms with Gasteiger partial charge < -0.3 is 10.0 Å². The van der Waals surface area contributed by atoms with Crippen LogP contribution in [0.4, 0.5) is 4.39 Å². The highest BCUT2D eigenvalue weighted by Crippen LogP contribution is 2.11. The normalized spacial score (nSPS) is 12.3. The fraction of sp³-hybridized carbons (Fsp3) is 0.417. The van der Waals surface area contributed by atoms with E-state index in [-0.39, 0.29) is 18.3 Å². The van der Waals surface area contributed by atoms with Crippen LogP contribution in [0.25, 0.3) is 0 Å². The Hall–Kier alpha value is -1.42. The number of hydrogen-bond acceptors (Lipinski definition) is 2. The summed E-state index contributed by atoms with van der Waals surface area (Å²) in [5.74, 6) is -0.543. The van der Waals surface area contributed by atoms with Gasteiger partial charge in [0.15, 0.2) is 0 Å². The first-order chi connectivity index (χ1) is 7.41. The van der Waals surface area contributed by atoms with Gasteiger partial charge >= 0.3 is 0 Å². The van der Waals surface area contributed by atoms with Crippen molar-refractivity contribution in [3.8, 4) is 0 Å². The van der Waals surface area contributed by atoms with E-state index in [2.05, 4.69) is 0 Å². The van der Waals surface area contributed by atoms with E-state index < -0.39 is 6.10 Å². The van der Waals surface area contributed by atoms with Crippen molar-refractivity contribution in [1.29, 1.82) is 0 Å². The number of aliphatic hydroxyl groups excluding tert-OH is 1. The molecule has 0 saturated carbocycles. The molecule has 0 bridgehead atoms. The molecule has 0 aromatic heterocycles. The third-order valence-corrected chi connectivity index (χ3v) is 2.29. The first kappa shape index (κ1) is 12.6. The highest BCUT2D eigenvalue weighted by molar-refractivity contribution is 5.94. The van der Waals surface area contributed by atoms with Crippen molar-refractivity contribution in [2.24, 2.45) is 0 Å². The zero-order valence-corrected chi connectivity index (χ0v) is 9.70. The Balaban J connectivity index is 2.84. The van der Waals surface area contributed by atoms with Crippen molar-refractivity contribution in [2.45, 2.75) is 20.0 Å². The van der Waals surface area contributed by atoms with Crippen molar-refractivity contribution in [3.05, 3.63) is 35.1 Å². The first-order valence-corrected chi connectivity index (χ1v) is 5.11. The molecule has 1 rings (SSSR count). The molecule has 3 nitrogen and oxygen atoms in total. The lowest BCUT2D eigenvalue weighted by molar-refractivity contribution is 0.0703. The number of carbonyl (C=O) groups excluding carboxylic acids is 1. The minimum Gasteiger partial charge on any atom is -0.392 e. The molecule has 16 heavy (non-hydrogen) atoms. The maximum atomic E-state index is 13.0. The number of rotatable bonds is 3. The second kappa shape index (κ2) is 5.07. The monoisotopic (exact) mass is 225 g/mol. The molecule has 0 aliphatic rings. The number of aliphatic hydroxyl groups is 1. The standard InChI is InChI=1S/C12H16FNO2/c1-8-6-10(4-5-11(8)13)12(16)14(3)7-9(2)15/h4-6,9,15H,7H2,1-3H3. The van der Waals surface area contributed by atoms with Crippen molar-refractivity contribution < 1.29 is 14.3 Å². The third-order valence-electron chi connectivity index (χ3n) is 2.29. The van der Waals surface area contributed by atoms with Gasteiger partial charge in [-0.15, -0.1) is 0 Å². The second-order valence-corrected chi connectivity index (χ2v) is 4.00. The van der Waals surface area contributed by atoms with Crippen molar-refractivity contribution >= 4 is 5.91 Å². The molecule has 0 radical (unpaired) electrons. The molecule has 1 aromatic carbocycles. The highest BCUT2D eigenvalue weighted by Gasteiger charge is 2.14. The van der Waals surface area contributed by atoms with Crippen LogP contribution >= 0.6 is 0 Å². The molecule has 0 heterocycles. The summed E-state index contributed by atoms with van der Waals surface area (Å²) in [7, 11) is 1.60. The summed E-state index contributed by atoms with van der Waals surface area (Å²) in [6.45, 7) is 3.48. The SMILES string of the molecule is Cc1cc(C(=O)N(C)CC(C)O)ccc1F. The molecule has 0 spiro atoms. The second-order valence-electron chi connectivity index (χ2n) is 4.00. The number of halogens is 1. The quantitative estimate of drug-likeness (QED) is 0.848. The van der Waals surface area contributed by atoms with Crippen LogP contribution in [-0.4, -0.2) is 35.6 Å². The van der Waals surface area contributed by atoms with E-state index in [1.54, 1.807) is 20.9 Å². The summed E-state index contributed by atoms with van der Waals surface area (Å²) in [5.41, 5.74) is 0.873. The molecule has 1 atom stereocenters. The van der Waals surface area contributed by atoms with Gasteiger partial charge in [-0.2, -0.15) is 0 Å². The summed E-state index contributed by atoms with van der Waals surface area (Å²) in [6, 6.07) is 4.23. The Morgan fingerprint density at radius 2 is 2.19 bits per heavy atom. The van der Waals surface area contributed by atoms with Crippen LogP contribution in [0.15, 0.2) is 18.2 Å². The Kier molecular flexibility index (Phi) is 4.01. The molecule has 1 amide bonds. The molecule has 1 aromatic rings. The summed E-state index contributed by atoms with van der Waals surface area (Å²) in [6.07, 6.45) is -0.574. The van der Waals surface area contributed by atoms with E-state index in [4.69, 9.17) is 5.11 Å². The largest absolute Gasteiger partial charge is 0.392 e. The fourth-order valence-corrected chi connectivity index (χ4v) is 1.48. The van der Waals surface area contributed by atoms with Gasteiger partial charge in [-0.25, -0.2) is 4.39 Å². The lowest BCUT2D eigenvalue weighted by atomic mass is 10.1. The van der Waals surface area contributed by atoms with Crippen molar-refractivity contribution in [3.63, 3.8) is 0 Å². The maximum Gasteiger partial charge on any atom is 0.253 e. The average molecular weight is 225 g/mol. The first-order valence-electron chi connectivity index (χ1n) is 5.11. The average Bonchev–Trinajstić information content (AvgIpc) is 2.20. The van der Waals surface area contributed by atoms with Gasteiger partial charge in [-0.3, -0.25) is 4.79 Å². The van der Waals surface area contributed by atoms with Gasteiger partial charge in [0.05, 0.1) is 6.10 Å². The zero-order valence-electron chi connectivity index (χ0n) is 9.70. The Morgan fingerprint density at radius 1 is 1.56 bits per heavy atom. The third kappa shape index (κ3) is 3.03. The van der Waals surface area contributed by atoms with Crippen LogP contribution in [0.2, 0.25) is 0 Å². The van der Waals surface area contributed by atoms with E-state index in [9.17, 15) is 9.18 Å². The molecule has 0 fully saturated rings. The summed E-state index contributed by atoms with van der Waals surface area (Å²) in [5, 5.41) is 9.16. The predicted molar refractivity (Wildman–Crippen MR) is 59.8 cm³/mol. The topological polar surface area (TPSA) is 40.5 Å². The lowest BCUT2D eigenvalue weighted by Gasteiger charge is -2.19. The minimum absolute atomic E-state index is 0.219. The molecular formula is C12H16FNO2. The molecule has 0 saturated heterocycles. The molecule has 88 valence electrons. The highest BCUT2D eigenvalue weighted by atomic mass is 19.1. The number of amides is 1. The van der Waals surface area contributed by atoms with Gasteiger partial charge in [-0.05, 0) is 37.6 Å². The summed E-state index contributed by atoms with van der Waals surface area (Å²) in [4.78, 5) is 13.3. The minimum atomic E-state index is -0.574. The molecule has 0 aliphatic carbocycles. The molecule has 1 unspecified atom stereocenters. The smallest absolute Gasteiger partial charge is 0.253 e. The number of carbonyl (C=O) groups is 1. The van der Waals surface area contributed by atoms with Crippen LogP contribution in [0.3, 0.4) is 0 Å². The van der Waals surface area contributed by atoms with E-state index in [0.717, 1.165) is 0 Å². The number of hydrogen-bond donors (Lipinski definition) is 1. The van der Waals surface area contributed by atoms with Crippen LogP contribution in [0.5, 0.6) is 0 Å². The maximum absolute atomic E-state index is 13.0. The zero-order chi connectivity index (χ0) is 12.3. The number of aryl methyl sites for hydroxylation is 1. The lowest BCUT2D eigenvalue weighted by Crippen LogP contribution is -2.33. The molecule has 1 N–H and O–H groups in total. The van der Waals surface area contributed by atoms with E-state index in [1.165, 1.54) is 23.1 Å². The molecular weight excluding hydrogens is 209 g/mol. The van der Waals surface area contributed by atoms with E-state index in [1.807, 2.05) is 0 Å². The number of likely N-dealkylation sites (N-methyl/N-ethyl adjacent to an activating group) is 1. The van der Waals surface area contributed by atoms with E-state index in [0.29, 0.717) is 11.1 Å². The van der Waals surface area contributed by atoms with Gasteiger partial charge in [0.1, 0.15) is 5.82 Å². The number of benzene rings is 1. The molecule has 0 aliphatic heterocycles. The Morgan fingerprint density at radius 3 is 2.69 bits per heavy atom. The van der Waals surface area contributed by atoms with Gasteiger partial charge in [0, 0.05) is 19.2 Å². The van der Waals surface area contributed by atoms with Gasteiger partial charge in [0.25, 0.3) is 5.91 Å². The van der Waals surface area contributed by atoms with Gasteiger partial charge in [-0.1, -0.05) is 0 Å². The van der Waals surface area contributed by atoms with Crippen LogP contribution in [0, 0.1) is 12.7 Å². The summed E-state index contributed by atoms with van der Waals surface area (Å²) < 4.78 is 13.0. The van der Waals surface area contributed by atoms with Crippen LogP contribution in [-0.2, 0) is 0 Å². The van der Waals surface area contributed by atoms with Crippen LogP contribution in [0.1, 0.15) is 22.8 Å². The molecule has 4 heteroatoms. The fourth-order valence-electron chi connectivity index (χ4n) is 1.48. The predicted octanol–water partition coefficient (Wildman–Crippen LogP) is 1.59. The van der Waals surface area contributed by atoms with Crippen LogP contribution < -0.4 is 0 Å². The summed E-state index contributed by atoms with van der Waals surface area (Å²) >= 11 is 0. The number of nitrogens with zero attached hydrogens (tertiary/aromatic N) is 1. The van der Waals surface area contributed by atoms with Gasteiger partial charge in [0.2, 0.25) is 0 Å². The Labute approximate surface area is 94.5 Å². The Bertz CT molecular complexity index is 391.